The van der Waals surface area contributed by atoms with Gasteiger partial charge in [-0.2, -0.15) is 0 Å². The first-order chi connectivity index (χ1) is 12.8. The van der Waals surface area contributed by atoms with Crippen molar-refractivity contribution in [2.75, 3.05) is 30.4 Å². The van der Waals surface area contributed by atoms with Crippen molar-refractivity contribution in [1.29, 1.82) is 0 Å². The minimum atomic E-state index is -0.353. The fourth-order valence-corrected chi connectivity index (χ4v) is 3.05. The quantitative estimate of drug-likeness (QED) is 0.872. The van der Waals surface area contributed by atoms with Gasteiger partial charge in [-0.1, -0.05) is 6.07 Å². The average molecular weight is 367 g/mol. The van der Waals surface area contributed by atoms with Crippen LogP contribution in [0.25, 0.3) is 0 Å². The summed E-state index contributed by atoms with van der Waals surface area (Å²) >= 11 is 0. The Labute approximate surface area is 159 Å². The van der Waals surface area contributed by atoms with Crippen LogP contribution in [-0.2, 0) is 16.1 Å². The van der Waals surface area contributed by atoms with Crippen molar-refractivity contribution in [3.63, 3.8) is 0 Å². The number of nitrogens with one attached hydrogen (secondary N) is 1. The van der Waals surface area contributed by atoms with Gasteiger partial charge in [0.1, 0.15) is 0 Å². The SMILES string of the molecule is Cc1ccc(N2CC(C(=O)NCc3ccnc(N(C)C)n3)CC2=O)cc1C. The second-order valence-corrected chi connectivity index (χ2v) is 7.13. The Morgan fingerprint density at radius 2 is 2.04 bits per heavy atom. The largest absolute Gasteiger partial charge is 0.350 e. The topological polar surface area (TPSA) is 78.4 Å². The third-order valence-corrected chi connectivity index (χ3v) is 4.84. The Balaban J connectivity index is 1.62. The van der Waals surface area contributed by atoms with Crippen LogP contribution in [0.5, 0.6) is 0 Å². The second-order valence-electron chi connectivity index (χ2n) is 7.13. The first-order valence-corrected chi connectivity index (χ1v) is 8.99. The zero-order valence-electron chi connectivity index (χ0n) is 16.2. The molecule has 1 aliphatic rings. The van der Waals surface area contributed by atoms with Gasteiger partial charge in [0.25, 0.3) is 0 Å². The minimum absolute atomic E-state index is 0.0182. The number of nitrogens with zero attached hydrogens (tertiary/aromatic N) is 4. The van der Waals surface area contributed by atoms with Gasteiger partial charge < -0.3 is 15.1 Å². The predicted molar refractivity (Wildman–Crippen MR) is 105 cm³/mol. The number of amides is 2. The molecule has 1 fully saturated rings. The molecule has 1 N–H and O–H groups in total. The van der Waals surface area contributed by atoms with Crippen LogP contribution < -0.4 is 15.1 Å². The predicted octanol–water partition coefficient (Wildman–Crippen LogP) is 1.83. The van der Waals surface area contributed by atoms with Crippen molar-refractivity contribution in [1.82, 2.24) is 15.3 Å². The lowest BCUT2D eigenvalue weighted by molar-refractivity contribution is -0.126. The molecule has 142 valence electrons. The van der Waals surface area contributed by atoms with Crippen LogP contribution in [0, 0.1) is 19.8 Å². The summed E-state index contributed by atoms with van der Waals surface area (Å²) in [5.41, 5.74) is 3.90. The minimum Gasteiger partial charge on any atom is -0.350 e. The molecule has 2 amide bonds. The molecule has 1 unspecified atom stereocenters. The molecule has 3 rings (SSSR count). The number of anilines is 2. The third kappa shape index (κ3) is 4.24. The zero-order valence-corrected chi connectivity index (χ0v) is 16.2. The van der Waals surface area contributed by atoms with Crippen LogP contribution in [0.1, 0.15) is 23.2 Å². The molecule has 1 aromatic carbocycles. The van der Waals surface area contributed by atoms with E-state index in [1.165, 1.54) is 5.56 Å². The van der Waals surface area contributed by atoms with Crippen molar-refractivity contribution in [3.8, 4) is 0 Å². The summed E-state index contributed by atoms with van der Waals surface area (Å²) in [6, 6.07) is 7.71. The molecule has 1 aromatic heterocycles. The van der Waals surface area contributed by atoms with Gasteiger partial charge in [0.2, 0.25) is 17.8 Å². The highest BCUT2D eigenvalue weighted by atomic mass is 16.2. The Morgan fingerprint density at radius 3 is 2.74 bits per heavy atom. The average Bonchev–Trinajstić information content (AvgIpc) is 3.04. The van der Waals surface area contributed by atoms with E-state index in [0.717, 1.165) is 16.9 Å². The van der Waals surface area contributed by atoms with Crippen LogP contribution >= 0.6 is 0 Å². The maximum absolute atomic E-state index is 12.5. The highest BCUT2D eigenvalue weighted by Gasteiger charge is 2.35. The standard InChI is InChI=1S/C20H25N5O2/c1-13-5-6-17(9-14(13)2)25-12-15(10-18(25)26)19(27)22-11-16-7-8-21-20(23-16)24(3)4/h5-9,15H,10-12H2,1-4H3,(H,22,27). The summed E-state index contributed by atoms with van der Waals surface area (Å²) in [6.45, 7) is 4.78. The van der Waals surface area contributed by atoms with Crippen LogP contribution in [0.15, 0.2) is 30.5 Å². The Hall–Kier alpha value is -2.96. The number of aromatic nitrogens is 2. The monoisotopic (exact) mass is 367 g/mol. The summed E-state index contributed by atoms with van der Waals surface area (Å²) in [4.78, 5) is 37.0. The van der Waals surface area contributed by atoms with Gasteiger partial charge in [0.15, 0.2) is 0 Å². The molecular formula is C20H25N5O2. The number of hydrogen-bond donors (Lipinski definition) is 1. The van der Waals surface area contributed by atoms with E-state index in [0.29, 0.717) is 19.0 Å². The summed E-state index contributed by atoms with van der Waals surface area (Å²) in [5.74, 6) is 0.100. The lowest BCUT2D eigenvalue weighted by Crippen LogP contribution is -2.33. The van der Waals surface area contributed by atoms with E-state index in [4.69, 9.17) is 0 Å². The van der Waals surface area contributed by atoms with E-state index >= 15 is 0 Å². The van der Waals surface area contributed by atoms with E-state index in [2.05, 4.69) is 15.3 Å². The van der Waals surface area contributed by atoms with Crippen LogP contribution in [0.4, 0.5) is 11.6 Å². The molecule has 1 aliphatic heterocycles. The molecule has 0 aliphatic carbocycles. The normalized spacial score (nSPS) is 16.5. The molecule has 0 saturated carbocycles. The molecule has 27 heavy (non-hydrogen) atoms. The molecule has 0 spiro atoms. The Kier molecular flexibility index (Phi) is 5.39. The van der Waals surface area contributed by atoms with E-state index in [-0.39, 0.29) is 24.2 Å². The molecule has 7 nitrogen and oxygen atoms in total. The first-order valence-electron chi connectivity index (χ1n) is 8.99. The summed E-state index contributed by atoms with van der Waals surface area (Å²) in [6.07, 6.45) is 1.90. The van der Waals surface area contributed by atoms with Gasteiger partial charge in [-0.3, -0.25) is 9.59 Å². The maximum atomic E-state index is 12.5. The first kappa shape index (κ1) is 18.8. The van der Waals surface area contributed by atoms with Crippen LogP contribution in [0.3, 0.4) is 0 Å². The van der Waals surface area contributed by atoms with Crippen molar-refractivity contribution in [2.45, 2.75) is 26.8 Å². The summed E-state index contributed by atoms with van der Waals surface area (Å²) in [7, 11) is 3.73. The number of aryl methyl sites for hydroxylation is 2. The molecule has 0 bridgehead atoms. The molecule has 2 heterocycles. The number of carbonyl (C=O) groups is 2. The fourth-order valence-electron chi connectivity index (χ4n) is 3.05. The van der Waals surface area contributed by atoms with Crippen LogP contribution in [0.2, 0.25) is 0 Å². The van der Waals surface area contributed by atoms with Gasteiger partial charge in [0.05, 0.1) is 18.2 Å². The van der Waals surface area contributed by atoms with Crippen molar-refractivity contribution in [3.05, 3.63) is 47.3 Å². The van der Waals surface area contributed by atoms with E-state index < -0.39 is 0 Å². The molecule has 0 radical (unpaired) electrons. The Morgan fingerprint density at radius 1 is 1.26 bits per heavy atom. The van der Waals surface area contributed by atoms with Crippen molar-refractivity contribution in [2.24, 2.45) is 5.92 Å². The molecule has 1 atom stereocenters. The smallest absolute Gasteiger partial charge is 0.227 e. The van der Waals surface area contributed by atoms with Crippen molar-refractivity contribution < 1.29 is 9.59 Å². The number of rotatable bonds is 5. The van der Waals surface area contributed by atoms with Gasteiger partial charge >= 0.3 is 0 Å². The van der Waals surface area contributed by atoms with E-state index in [1.807, 2.05) is 51.0 Å². The molecule has 2 aromatic rings. The van der Waals surface area contributed by atoms with Crippen LogP contribution in [-0.4, -0.2) is 42.4 Å². The lowest BCUT2D eigenvalue weighted by Gasteiger charge is -2.18. The molecule has 1 saturated heterocycles. The molecular weight excluding hydrogens is 342 g/mol. The van der Waals surface area contributed by atoms with Gasteiger partial charge in [-0.15, -0.1) is 0 Å². The van der Waals surface area contributed by atoms with Gasteiger partial charge in [-0.25, -0.2) is 9.97 Å². The number of benzene rings is 1. The van der Waals surface area contributed by atoms with Gasteiger partial charge in [0, 0.05) is 38.9 Å². The fraction of sp³-hybridized carbons (Fsp3) is 0.400. The number of hydrogen-bond acceptors (Lipinski definition) is 5. The van der Waals surface area contributed by atoms with E-state index in [9.17, 15) is 9.59 Å². The highest BCUT2D eigenvalue weighted by molar-refractivity contribution is 6.00. The Bertz CT molecular complexity index is 865. The lowest BCUT2D eigenvalue weighted by atomic mass is 10.1. The summed E-state index contributed by atoms with van der Waals surface area (Å²) in [5, 5.41) is 2.89. The second kappa shape index (κ2) is 7.73. The van der Waals surface area contributed by atoms with Crippen molar-refractivity contribution >= 4 is 23.5 Å². The highest BCUT2D eigenvalue weighted by Crippen LogP contribution is 2.27. The number of carbonyl (C=O) groups excluding carboxylic acids is 2. The zero-order chi connectivity index (χ0) is 19.6. The third-order valence-electron chi connectivity index (χ3n) is 4.84. The van der Waals surface area contributed by atoms with E-state index in [1.54, 1.807) is 17.2 Å². The maximum Gasteiger partial charge on any atom is 0.227 e. The van der Waals surface area contributed by atoms with Gasteiger partial charge in [-0.05, 0) is 43.2 Å². The molecule has 7 heteroatoms. The summed E-state index contributed by atoms with van der Waals surface area (Å²) < 4.78 is 0.